The molecule has 3 aromatic rings. The molecule has 3 heterocycles. The zero-order valence-corrected chi connectivity index (χ0v) is 14.0. The van der Waals surface area contributed by atoms with Crippen molar-refractivity contribution in [3.8, 4) is 11.5 Å². The molecule has 7 nitrogen and oxygen atoms in total. The fraction of sp³-hybridized carbons (Fsp3) is 0.211. The predicted octanol–water partition coefficient (Wildman–Crippen LogP) is 2.50. The van der Waals surface area contributed by atoms with Crippen LogP contribution in [-0.4, -0.2) is 13.1 Å². The fourth-order valence-electron chi connectivity index (χ4n) is 3.18. The number of methoxy groups -OCH3 is 1. The minimum Gasteiger partial charge on any atom is -0.497 e. The SMILES string of the molecule is COc1ccc2occ(C3CC(=O)Oc4cc(C)oc(=O)c43)c(=O)c2c1. The number of ether oxygens (including phenoxy) is 2. The first kappa shape index (κ1) is 16.1. The summed E-state index contributed by atoms with van der Waals surface area (Å²) in [5.41, 5.74) is -0.253. The molecule has 0 saturated heterocycles. The predicted molar refractivity (Wildman–Crippen MR) is 90.8 cm³/mol. The topological polar surface area (TPSA) is 95.9 Å². The quantitative estimate of drug-likeness (QED) is 0.652. The number of rotatable bonds is 2. The van der Waals surface area contributed by atoms with E-state index in [2.05, 4.69) is 0 Å². The number of hydrogen-bond acceptors (Lipinski definition) is 7. The summed E-state index contributed by atoms with van der Waals surface area (Å²) in [7, 11) is 1.49. The van der Waals surface area contributed by atoms with E-state index in [-0.39, 0.29) is 28.7 Å². The average Bonchev–Trinajstić information content (AvgIpc) is 2.60. The van der Waals surface area contributed by atoms with Crippen molar-refractivity contribution in [3.05, 3.63) is 68.1 Å². The van der Waals surface area contributed by atoms with Crippen LogP contribution in [0, 0.1) is 6.92 Å². The maximum Gasteiger partial charge on any atom is 0.343 e. The molecule has 0 amide bonds. The smallest absolute Gasteiger partial charge is 0.343 e. The van der Waals surface area contributed by atoms with Crippen LogP contribution in [0.4, 0.5) is 0 Å². The van der Waals surface area contributed by atoms with Crippen LogP contribution in [0.1, 0.15) is 29.2 Å². The van der Waals surface area contributed by atoms with Crippen LogP contribution in [-0.2, 0) is 4.79 Å². The van der Waals surface area contributed by atoms with Gasteiger partial charge in [0, 0.05) is 17.5 Å². The Labute approximate surface area is 146 Å². The van der Waals surface area contributed by atoms with E-state index in [9.17, 15) is 14.4 Å². The number of fused-ring (bicyclic) bond motifs is 2. The number of carbonyl (C=O) groups is 1. The molecule has 1 atom stereocenters. The zero-order chi connectivity index (χ0) is 18.4. The third-order valence-corrected chi connectivity index (χ3v) is 4.40. The summed E-state index contributed by atoms with van der Waals surface area (Å²) < 4.78 is 21.0. The zero-order valence-electron chi connectivity index (χ0n) is 14.0. The first-order valence-electron chi connectivity index (χ1n) is 7.92. The molecular weight excluding hydrogens is 340 g/mol. The van der Waals surface area contributed by atoms with Crippen molar-refractivity contribution in [2.45, 2.75) is 19.3 Å². The van der Waals surface area contributed by atoms with E-state index in [1.54, 1.807) is 25.1 Å². The van der Waals surface area contributed by atoms with Gasteiger partial charge < -0.3 is 18.3 Å². The molecule has 4 rings (SSSR count). The molecule has 132 valence electrons. The van der Waals surface area contributed by atoms with Crippen molar-refractivity contribution < 1.29 is 23.1 Å². The normalized spacial score (nSPS) is 16.2. The molecule has 1 aliphatic rings. The van der Waals surface area contributed by atoms with Gasteiger partial charge in [0.15, 0.2) is 5.43 Å². The number of carbonyl (C=O) groups excluding carboxylic acids is 1. The first-order chi connectivity index (χ1) is 12.5. The highest BCUT2D eigenvalue weighted by atomic mass is 16.5. The molecule has 1 aromatic carbocycles. The van der Waals surface area contributed by atoms with Crippen LogP contribution in [0.3, 0.4) is 0 Å². The van der Waals surface area contributed by atoms with E-state index in [0.29, 0.717) is 22.5 Å². The van der Waals surface area contributed by atoms with Gasteiger partial charge in [-0.3, -0.25) is 9.59 Å². The monoisotopic (exact) mass is 354 g/mol. The van der Waals surface area contributed by atoms with Gasteiger partial charge >= 0.3 is 11.6 Å². The summed E-state index contributed by atoms with van der Waals surface area (Å²) in [4.78, 5) is 37.3. The highest BCUT2D eigenvalue weighted by Crippen LogP contribution is 2.36. The van der Waals surface area contributed by atoms with Gasteiger partial charge in [-0.05, 0) is 25.1 Å². The third-order valence-electron chi connectivity index (χ3n) is 4.40. The molecule has 1 aliphatic heterocycles. The van der Waals surface area contributed by atoms with E-state index in [0.717, 1.165) is 0 Å². The van der Waals surface area contributed by atoms with E-state index in [4.69, 9.17) is 18.3 Å². The van der Waals surface area contributed by atoms with Crippen LogP contribution in [0.2, 0.25) is 0 Å². The minimum atomic E-state index is -0.796. The molecule has 0 spiro atoms. The van der Waals surface area contributed by atoms with Crippen LogP contribution in [0.5, 0.6) is 11.5 Å². The number of benzene rings is 1. The van der Waals surface area contributed by atoms with Gasteiger partial charge in [0.25, 0.3) is 0 Å². The van der Waals surface area contributed by atoms with Crippen LogP contribution < -0.4 is 20.5 Å². The Morgan fingerprint density at radius 3 is 2.73 bits per heavy atom. The fourth-order valence-corrected chi connectivity index (χ4v) is 3.18. The lowest BCUT2D eigenvalue weighted by molar-refractivity contribution is -0.135. The second-order valence-electron chi connectivity index (χ2n) is 6.04. The maximum absolute atomic E-state index is 13.0. The van der Waals surface area contributed by atoms with Crippen molar-refractivity contribution in [3.63, 3.8) is 0 Å². The molecule has 0 bridgehead atoms. The lowest BCUT2D eigenvalue weighted by Gasteiger charge is -2.22. The first-order valence-corrected chi connectivity index (χ1v) is 7.92. The Morgan fingerprint density at radius 1 is 1.15 bits per heavy atom. The van der Waals surface area contributed by atoms with E-state index in [1.807, 2.05) is 0 Å². The Kier molecular flexibility index (Phi) is 3.64. The molecule has 2 aromatic heterocycles. The van der Waals surface area contributed by atoms with Gasteiger partial charge in [0.05, 0.1) is 30.7 Å². The molecule has 0 N–H and O–H groups in total. The van der Waals surface area contributed by atoms with E-state index >= 15 is 0 Å². The summed E-state index contributed by atoms with van der Waals surface area (Å²) in [6.45, 7) is 1.58. The third kappa shape index (κ3) is 2.48. The Bertz CT molecular complexity index is 1150. The molecule has 0 saturated carbocycles. The van der Waals surface area contributed by atoms with Gasteiger partial charge in [-0.1, -0.05) is 0 Å². The van der Waals surface area contributed by atoms with Crippen molar-refractivity contribution in [1.82, 2.24) is 0 Å². The standard InChI is InChI=1S/C19H14O7/c1-9-5-15-17(19(22)25-9)11(7-16(20)26-15)13-8-24-14-4-3-10(23-2)6-12(14)18(13)21/h3-6,8,11H,7H2,1-2H3. The maximum atomic E-state index is 13.0. The van der Waals surface area contributed by atoms with Gasteiger partial charge in [-0.15, -0.1) is 0 Å². The van der Waals surface area contributed by atoms with E-state index in [1.165, 1.54) is 19.4 Å². The van der Waals surface area contributed by atoms with Crippen molar-refractivity contribution in [2.24, 2.45) is 0 Å². The number of aryl methyl sites for hydroxylation is 1. The minimum absolute atomic E-state index is 0.116. The summed E-state index contributed by atoms with van der Waals surface area (Å²) >= 11 is 0. The summed E-state index contributed by atoms with van der Waals surface area (Å²) in [6, 6.07) is 6.33. The summed E-state index contributed by atoms with van der Waals surface area (Å²) in [5, 5.41) is 0.304. The lowest BCUT2D eigenvalue weighted by atomic mass is 9.87. The Morgan fingerprint density at radius 2 is 1.96 bits per heavy atom. The lowest BCUT2D eigenvalue weighted by Crippen LogP contribution is -2.29. The van der Waals surface area contributed by atoms with Crippen LogP contribution in [0.25, 0.3) is 11.0 Å². The van der Waals surface area contributed by atoms with Crippen molar-refractivity contribution in [2.75, 3.05) is 7.11 Å². The van der Waals surface area contributed by atoms with Crippen LogP contribution in [0.15, 0.2) is 49.0 Å². The van der Waals surface area contributed by atoms with Gasteiger partial charge in [-0.25, -0.2) is 4.79 Å². The van der Waals surface area contributed by atoms with Gasteiger partial charge in [0.2, 0.25) is 0 Å². The molecule has 0 radical (unpaired) electrons. The van der Waals surface area contributed by atoms with Gasteiger partial charge in [0.1, 0.15) is 22.8 Å². The number of esters is 1. The highest BCUT2D eigenvalue weighted by Gasteiger charge is 2.34. The largest absolute Gasteiger partial charge is 0.497 e. The average molecular weight is 354 g/mol. The van der Waals surface area contributed by atoms with E-state index < -0.39 is 17.5 Å². The van der Waals surface area contributed by atoms with Crippen molar-refractivity contribution in [1.29, 1.82) is 0 Å². The molecular formula is C19H14O7. The second-order valence-corrected chi connectivity index (χ2v) is 6.04. The van der Waals surface area contributed by atoms with Gasteiger partial charge in [-0.2, -0.15) is 0 Å². The Hall–Kier alpha value is -3.35. The van der Waals surface area contributed by atoms with Crippen molar-refractivity contribution >= 4 is 16.9 Å². The van der Waals surface area contributed by atoms with Crippen LogP contribution >= 0.6 is 0 Å². The summed E-state index contributed by atoms with van der Waals surface area (Å²) in [5.74, 6) is -0.393. The number of hydrogen-bond donors (Lipinski definition) is 0. The second kappa shape index (κ2) is 5.87. The molecule has 26 heavy (non-hydrogen) atoms. The summed E-state index contributed by atoms with van der Waals surface area (Å²) in [6.07, 6.45) is 1.13. The highest BCUT2D eigenvalue weighted by molar-refractivity contribution is 5.80. The molecule has 7 heteroatoms. The molecule has 0 fully saturated rings. The molecule has 1 unspecified atom stereocenters. The Balaban J connectivity index is 1.97. The molecule has 0 aliphatic carbocycles.